The van der Waals surface area contributed by atoms with Gasteiger partial charge in [-0.25, -0.2) is 9.59 Å². The first-order valence-electron chi connectivity index (χ1n) is 7.41. The van der Waals surface area contributed by atoms with E-state index in [-0.39, 0.29) is 5.56 Å². The number of hydrogen-bond donors (Lipinski definition) is 3. The molecule has 2 aromatic rings. The highest BCUT2D eigenvalue weighted by Gasteiger charge is 2.38. The van der Waals surface area contributed by atoms with Crippen molar-refractivity contribution in [3.05, 3.63) is 54.1 Å². The second-order valence-electron chi connectivity index (χ2n) is 5.25. The van der Waals surface area contributed by atoms with Crippen molar-refractivity contribution in [2.24, 2.45) is 0 Å². The Morgan fingerprint density at radius 3 is 2.67 bits per heavy atom. The van der Waals surface area contributed by atoms with Crippen molar-refractivity contribution in [1.29, 1.82) is 0 Å². The first-order chi connectivity index (χ1) is 11.5. The van der Waals surface area contributed by atoms with Crippen molar-refractivity contribution >= 4 is 29.5 Å². The third-order valence-corrected chi connectivity index (χ3v) is 5.00. The average molecular weight is 344 g/mol. The van der Waals surface area contributed by atoms with Gasteiger partial charge in [-0.3, -0.25) is 5.32 Å². The number of thioether (sulfide) groups is 1. The molecule has 1 unspecified atom stereocenters. The normalized spacial score (nSPS) is 18.4. The average Bonchev–Trinajstić information content (AvgIpc) is 2.93. The maximum Gasteiger partial charge on any atom is 0.415 e. The van der Waals surface area contributed by atoms with E-state index in [1.165, 1.54) is 17.8 Å². The van der Waals surface area contributed by atoms with Crippen molar-refractivity contribution in [3.8, 4) is 5.75 Å². The van der Waals surface area contributed by atoms with Gasteiger partial charge in [0.25, 0.3) is 0 Å². The van der Waals surface area contributed by atoms with Gasteiger partial charge >= 0.3 is 12.1 Å². The van der Waals surface area contributed by atoms with Gasteiger partial charge in [-0.05, 0) is 36.8 Å². The molecule has 2 aromatic carbocycles. The standard InChI is InChI=1S/C17H16N2O4S/c1-2-17(19-16(22)23-12-6-4-3-5-7-12)18-13-9-8-11(15(20)21)10-14(13)24-17/h3-10,18H,2H2,1H3,(H,19,22)(H,20,21). The largest absolute Gasteiger partial charge is 0.478 e. The number of ether oxygens (including phenoxy) is 1. The molecule has 6 nitrogen and oxygen atoms in total. The number of rotatable bonds is 4. The fourth-order valence-electron chi connectivity index (χ4n) is 2.37. The molecular formula is C17H16N2O4S. The summed E-state index contributed by atoms with van der Waals surface area (Å²) in [5, 5.41) is 15.2. The molecule has 0 spiro atoms. The number of carbonyl (C=O) groups excluding carboxylic acids is 1. The van der Waals surface area contributed by atoms with Crippen molar-refractivity contribution in [3.63, 3.8) is 0 Å². The minimum Gasteiger partial charge on any atom is -0.478 e. The van der Waals surface area contributed by atoms with Gasteiger partial charge in [0.1, 0.15) is 5.75 Å². The number of amides is 1. The van der Waals surface area contributed by atoms with Crippen LogP contribution in [-0.4, -0.2) is 22.2 Å². The monoisotopic (exact) mass is 344 g/mol. The molecular weight excluding hydrogens is 328 g/mol. The number of para-hydroxylation sites is 1. The summed E-state index contributed by atoms with van der Waals surface area (Å²) in [5.74, 6) is -0.529. The Kier molecular flexibility index (Phi) is 4.35. The molecule has 7 heteroatoms. The van der Waals surface area contributed by atoms with Gasteiger partial charge in [-0.2, -0.15) is 0 Å². The number of nitrogens with one attached hydrogen (secondary N) is 2. The van der Waals surface area contributed by atoms with E-state index in [0.29, 0.717) is 12.2 Å². The third kappa shape index (κ3) is 3.30. The maximum absolute atomic E-state index is 12.2. The van der Waals surface area contributed by atoms with Crippen molar-refractivity contribution in [2.45, 2.75) is 23.2 Å². The topological polar surface area (TPSA) is 87.7 Å². The zero-order chi connectivity index (χ0) is 17.2. The van der Waals surface area contributed by atoms with Gasteiger partial charge in [0.2, 0.25) is 0 Å². The lowest BCUT2D eigenvalue weighted by Gasteiger charge is -2.28. The molecule has 24 heavy (non-hydrogen) atoms. The van der Waals surface area contributed by atoms with E-state index in [1.807, 2.05) is 13.0 Å². The van der Waals surface area contributed by atoms with E-state index in [9.17, 15) is 9.59 Å². The molecule has 1 atom stereocenters. The summed E-state index contributed by atoms with van der Waals surface area (Å²) in [5.41, 5.74) is 0.994. The summed E-state index contributed by atoms with van der Waals surface area (Å²) in [6.07, 6.45) is 0.00728. The molecule has 1 heterocycles. The second-order valence-corrected chi connectivity index (χ2v) is 6.59. The predicted octanol–water partition coefficient (Wildman–Crippen LogP) is 3.75. The van der Waals surface area contributed by atoms with Crippen LogP contribution in [0.1, 0.15) is 23.7 Å². The molecule has 1 amide bonds. The van der Waals surface area contributed by atoms with Gasteiger partial charge < -0.3 is 15.2 Å². The Labute approximate surface area is 143 Å². The number of carboxylic acid groups (broad SMARTS) is 1. The molecule has 124 valence electrons. The van der Waals surface area contributed by atoms with E-state index in [2.05, 4.69) is 10.6 Å². The highest BCUT2D eigenvalue weighted by Crippen LogP contribution is 2.46. The zero-order valence-corrected chi connectivity index (χ0v) is 13.7. The highest BCUT2D eigenvalue weighted by molar-refractivity contribution is 8.01. The SMILES string of the molecule is CCC1(NC(=O)Oc2ccccc2)Nc2ccc(C(=O)O)cc2S1. The Morgan fingerprint density at radius 2 is 2.00 bits per heavy atom. The van der Waals surface area contributed by atoms with Gasteiger partial charge in [0, 0.05) is 4.90 Å². The second kappa shape index (κ2) is 6.45. The van der Waals surface area contributed by atoms with E-state index in [0.717, 1.165) is 10.6 Å². The van der Waals surface area contributed by atoms with Crippen LogP contribution in [0.25, 0.3) is 0 Å². The van der Waals surface area contributed by atoms with Crippen LogP contribution in [0.5, 0.6) is 5.75 Å². The number of fused-ring (bicyclic) bond motifs is 1. The molecule has 0 aliphatic carbocycles. The molecule has 1 aliphatic rings. The lowest BCUT2D eigenvalue weighted by Crippen LogP contribution is -2.50. The summed E-state index contributed by atoms with van der Waals surface area (Å²) >= 11 is 1.37. The van der Waals surface area contributed by atoms with Crippen LogP contribution in [0.4, 0.5) is 10.5 Å². The summed E-state index contributed by atoms with van der Waals surface area (Å²) in [6, 6.07) is 13.6. The third-order valence-electron chi connectivity index (χ3n) is 3.60. The molecule has 0 bridgehead atoms. The Morgan fingerprint density at radius 1 is 1.25 bits per heavy atom. The Balaban J connectivity index is 1.74. The minimum absolute atomic E-state index is 0.210. The van der Waals surface area contributed by atoms with Crippen LogP contribution in [0.2, 0.25) is 0 Å². The number of carboxylic acids is 1. The van der Waals surface area contributed by atoms with Gasteiger partial charge in [-0.15, -0.1) is 0 Å². The predicted molar refractivity (Wildman–Crippen MR) is 91.5 cm³/mol. The van der Waals surface area contributed by atoms with Crippen LogP contribution in [0.3, 0.4) is 0 Å². The Hall–Kier alpha value is -2.67. The number of anilines is 1. The summed E-state index contributed by atoms with van der Waals surface area (Å²) in [6.45, 7) is 1.92. The lowest BCUT2D eigenvalue weighted by atomic mass is 10.2. The van der Waals surface area contributed by atoms with E-state index in [4.69, 9.17) is 9.84 Å². The van der Waals surface area contributed by atoms with Gasteiger partial charge in [0.05, 0.1) is 11.3 Å². The number of benzene rings is 2. The fourth-order valence-corrected chi connectivity index (χ4v) is 3.60. The molecule has 0 fully saturated rings. The lowest BCUT2D eigenvalue weighted by molar-refractivity contribution is 0.0696. The summed E-state index contributed by atoms with van der Waals surface area (Å²) in [4.78, 5) is 23.3. The highest BCUT2D eigenvalue weighted by atomic mass is 32.2. The molecule has 0 saturated carbocycles. The number of carbonyl (C=O) groups is 2. The van der Waals surface area contributed by atoms with E-state index < -0.39 is 17.1 Å². The first kappa shape index (κ1) is 16.2. The molecule has 1 aliphatic heterocycles. The Bertz CT molecular complexity index is 781. The van der Waals surface area contributed by atoms with Crippen LogP contribution >= 0.6 is 11.8 Å². The van der Waals surface area contributed by atoms with Crippen molar-refractivity contribution < 1.29 is 19.4 Å². The first-order valence-corrected chi connectivity index (χ1v) is 8.22. The quantitative estimate of drug-likeness (QED) is 0.783. The molecule has 3 rings (SSSR count). The number of hydrogen-bond acceptors (Lipinski definition) is 5. The van der Waals surface area contributed by atoms with Crippen LogP contribution < -0.4 is 15.4 Å². The van der Waals surface area contributed by atoms with Crippen LogP contribution in [0.15, 0.2) is 53.4 Å². The van der Waals surface area contributed by atoms with Gasteiger partial charge in [0.15, 0.2) is 4.99 Å². The van der Waals surface area contributed by atoms with Crippen LogP contribution in [0, 0.1) is 0 Å². The van der Waals surface area contributed by atoms with Crippen molar-refractivity contribution in [2.75, 3.05) is 5.32 Å². The van der Waals surface area contributed by atoms with E-state index in [1.54, 1.807) is 36.4 Å². The minimum atomic E-state index is -0.983. The molecule has 0 aromatic heterocycles. The van der Waals surface area contributed by atoms with Gasteiger partial charge in [-0.1, -0.05) is 36.9 Å². The van der Waals surface area contributed by atoms with Crippen molar-refractivity contribution in [1.82, 2.24) is 5.32 Å². The molecule has 0 saturated heterocycles. The summed E-state index contributed by atoms with van der Waals surface area (Å²) in [7, 11) is 0. The van der Waals surface area contributed by atoms with E-state index >= 15 is 0 Å². The zero-order valence-electron chi connectivity index (χ0n) is 12.9. The number of aromatic carboxylic acids is 1. The maximum atomic E-state index is 12.2. The van der Waals surface area contributed by atoms with Crippen LogP contribution in [-0.2, 0) is 0 Å². The molecule has 3 N–H and O–H groups in total. The molecule has 0 radical (unpaired) electrons. The fraction of sp³-hybridized carbons (Fsp3) is 0.176. The summed E-state index contributed by atoms with van der Waals surface area (Å²) < 4.78 is 5.27. The smallest absolute Gasteiger partial charge is 0.415 e.